The average molecular weight is 262 g/mol. The summed E-state index contributed by atoms with van der Waals surface area (Å²) in [4.78, 5) is 9.57. The van der Waals surface area contributed by atoms with E-state index in [1.807, 2.05) is 0 Å². The van der Waals surface area contributed by atoms with Crippen molar-refractivity contribution in [2.75, 3.05) is 0 Å². The highest BCUT2D eigenvalue weighted by Crippen LogP contribution is 2.32. The second-order valence-electron chi connectivity index (χ2n) is 6.01. The van der Waals surface area contributed by atoms with Crippen LogP contribution in [-0.4, -0.2) is 9.97 Å². The molecule has 0 saturated carbocycles. The number of thiophene rings is 1. The monoisotopic (exact) mass is 262 g/mol. The number of hydrogen-bond donors (Lipinski definition) is 0. The van der Waals surface area contributed by atoms with Gasteiger partial charge in [0, 0.05) is 5.41 Å². The molecule has 0 N–H and O–H groups in total. The zero-order chi connectivity index (χ0) is 13.3. The minimum absolute atomic E-state index is 0.0107. The lowest BCUT2D eigenvalue weighted by molar-refractivity contribution is 0.538. The molecule has 3 heteroatoms. The Morgan fingerprint density at radius 2 is 2.00 bits per heavy atom. The van der Waals surface area contributed by atoms with Gasteiger partial charge < -0.3 is 0 Å². The Labute approximate surface area is 113 Å². The van der Waals surface area contributed by atoms with Gasteiger partial charge in [0.05, 0.1) is 15.9 Å². The standard InChI is InChI=1S/C15H22N2S/c1-6-7-10(2)12-13-11(8-9-18-13)16-14(17-12)15(3,4)5/h8-10H,6-7H2,1-5H3. The first kappa shape index (κ1) is 13.5. The third-order valence-electron chi connectivity index (χ3n) is 3.19. The molecule has 0 saturated heterocycles. The number of fused-ring (bicyclic) bond motifs is 1. The van der Waals surface area contributed by atoms with Crippen molar-refractivity contribution in [3.8, 4) is 0 Å². The predicted molar refractivity (Wildman–Crippen MR) is 79.4 cm³/mol. The van der Waals surface area contributed by atoms with E-state index in [9.17, 15) is 0 Å². The number of aromatic nitrogens is 2. The van der Waals surface area contributed by atoms with Crippen molar-refractivity contribution in [3.63, 3.8) is 0 Å². The Balaban J connectivity index is 2.58. The second kappa shape index (κ2) is 4.96. The van der Waals surface area contributed by atoms with Crippen LogP contribution in [0.15, 0.2) is 11.4 Å². The first-order chi connectivity index (χ1) is 8.43. The molecular formula is C15H22N2S. The van der Waals surface area contributed by atoms with Crippen molar-refractivity contribution in [2.45, 2.75) is 58.8 Å². The lowest BCUT2D eigenvalue weighted by atomic mass is 9.94. The van der Waals surface area contributed by atoms with Crippen LogP contribution in [0.1, 0.15) is 64.9 Å². The zero-order valence-corrected chi connectivity index (χ0v) is 12.8. The van der Waals surface area contributed by atoms with Crippen LogP contribution < -0.4 is 0 Å². The molecule has 0 aliphatic carbocycles. The lowest BCUT2D eigenvalue weighted by Gasteiger charge is -2.19. The predicted octanol–water partition coefficient (Wildman–Crippen LogP) is 4.89. The van der Waals surface area contributed by atoms with Crippen LogP contribution in [0.2, 0.25) is 0 Å². The molecule has 0 aliphatic rings. The van der Waals surface area contributed by atoms with Gasteiger partial charge in [0.2, 0.25) is 0 Å². The minimum atomic E-state index is 0.0107. The molecule has 0 fully saturated rings. The Morgan fingerprint density at radius 1 is 1.28 bits per heavy atom. The lowest BCUT2D eigenvalue weighted by Crippen LogP contribution is -2.17. The molecule has 0 spiro atoms. The molecule has 1 atom stereocenters. The van der Waals surface area contributed by atoms with E-state index in [4.69, 9.17) is 9.97 Å². The van der Waals surface area contributed by atoms with Crippen molar-refractivity contribution in [1.29, 1.82) is 0 Å². The van der Waals surface area contributed by atoms with Crippen LogP contribution >= 0.6 is 11.3 Å². The molecule has 2 heterocycles. The van der Waals surface area contributed by atoms with E-state index in [0.29, 0.717) is 5.92 Å². The zero-order valence-electron chi connectivity index (χ0n) is 11.9. The van der Waals surface area contributed by atoms with Gasteiger partial charge in [0.25, 0.3) is 0 Å². The Bertz CT molecular complexity index is 537. The van der Waals surface area contributed by atoms with Gasteiger partial charge >= 0.3 is 0 Å². The summed E-state index contributed by atoms with van der Waals surface area (Å²) < 4.78 is 1.27. The SMILES string of the molecule is CCCC(C)c1nc(C(C)(C)C)nc2ccsc12. The first-order valence-electron chi connectivity index (χ1n) is 6.69. The maximum absolute atomic E-state index is 4.86. The first-order valence-corrected chi connectivity index (χ1v) is 7.57. The highest BCUT2D eigenvalue weighted by molar-refractivity contribution is 7.17. The summed E-state index contributed by atoms with van der Waals surface area (Å²) >= 11 is 1.76. The van der Waals surface area contributed by atoms with Crippen LogP contribution in [0.25, 0.3) is 10.2 Å². The topological polar surface area (TPSA) is 25.8 Å². The van der Waals surface area contributed by atoms with E-state index in [0.717, 1.165) is 11.3 Å². The van der Waals surface area contributed by atoms with E-state index in [2.05, 4.69) is 46.1 Å². The summed E-state index contributed by atoms with van der Waals surface area (Å²) in [7, 11) is 0. The molecule has 2 aromatic rings. The third-order valence-corrected chi connectivity index (χ3v) is 4.12. The van der Waals surface area contributed by atoms with Crippen molar-refractivity contribution in [1.82, 2.24) is 9.97 Å². The Kier molecular flexibility index (Phi) is 3.71. The van der Waals surface area contributed by atoms with Crippen LogP contribution in [0.5, 0.6) is 0 Å². The number of rotatable bonds is 3. The van der Waals surface area contributed by atoms with Crippen molar-refractivity contribution in [2.24, 2.45) is 0 Å². The third kappa shape index (κ3) is 2.56. The molecule has 0 radical (unpaired) electrons. The fourth-order valence-corrected chi connectivity index (χ4v) is 3.06. The van der Waals surface area contributed by atoms with Gasteiger partial charge in [-0.15, -0.1) is 11.3 Å². The fraction of sp³-hybridized carbons (Fsp3) is 0.600. The molecule has 0 aliphatic heterocycles. The van der Waals surface area contributed by atoms with E-state index in [-0.39, 0.29) is 5.41 Å². The molecule has 2 rings (SSSR count). The van der Waals surface area contributed by atoms with Gasteiger partial charge in [0.1, 0.15) is 5.82 Å². The highest BCUT2D eigenvalue weighted by Gasteiger charge is 2.21. The van der Waals surface area contributed by atoms with Crippen LogP contribution in [0.3, 0.4) is 0 Å². The van der Waals surface area contributed by atoms with E-state index in [1.54, 1.807) is 11.3 Å². The van der Waals surface area contributed by atoms with Gasteiger partial charge in [0.15, 0.2) is 0 Å². The summed E-state index contributed by atoms with van der Waals surface area (Å²) in [5, 5.41) is 2.12. The molecule has 0 aromatic carbocycles. The summed E-state index contributed by atoms with van der Waals surface area (Å²) in [5.41, 5.74) is 2.36. The molecule has 2 nitrogen and oxygen atoms in total. The molecule has 18 heavy (non-hydrogen) atoms. The van der Waals surface area contributed by atoms with Crippen molar-refractivity contribution < 1.29 is 0 Å². The van der Waals surface area contributed by atoms with Gasteiger partial charge in [-0.2, -0.15) is 0 Å². The van der Waals surface area contributed by atoms with Gasteiger partial charge in [-0.3, -0.25) is 0 Å². The van der Waals surface area contributed by atoms with E-state index < -0.39 is 0 Å². The second-order valence-corrected chi connectivity index (χ2v) is 6.92. The highest BCUT2D eigenvalue weighted by atomic mass is 32.1. The average Bonchev–Trinajstić information content (AvgIpc) is 2.74. The summed E-state index contributed by atoms with van der Waals surface area (Å²) in [6.45, 7) is 11.0. The smallest absolute Gasteiger partial charge is 0.134 e. The van der Waals surface area contributed by atoms with Gasteiger partial charge in [-0.25, -0.2) is 9.97 Å². The molecule has 0 amide bonds. The van der Waals surface area contributed by atoms with Crippen molar-refractivity contribution in [3.05, 3.63) is 23.0 Å². The van der Waals surface area contributed by atoms with Gasteiger partial charge in [-0.1, -0.05) is 41.0 Å². The maximum atomic E-state index is 4.86. The van der Waals surface area contributed by atoms with E-state index >= 15 is 0 Å². The Hall–Kier alpha value is -0.960. The minimum Gasteiger partial charge on any atom is -0.236 e. The van der Waals surface area contributed by atoms with Gasteiger partial charge in [-0.05, 0) is 23.8 Å². The number of hydrogen-bond acceptors (Lipinski definition) is 3. The Morgan fingerprint density at radius 3 is 2.61 bits per heavy atom. The van der Waals surface area contributed by atoms with Crippen LogP contribution in [0, 0.1) is 0 Å². The largest absolute Gasteiger partial charge is 0.236 e. The van der Waals surface area contributed by atoms with E-state index in [1.165, 1.54) is 23.2 Å². The van der Waals surface area contributed by atoms with Crippen LogP contribution in [0.4, 0.5) is 0 Å². The van der Waals surface area contributed by atoms with Crippen LogP contribution in [-0.2, 0) is 5.41 Å². The fourth-order valence-electron chi connectivity index (χ4n) is 2.13. The normalized spacial score (nSPS) is 14.1. The molecule has 0 bridgehead atoms. The summed E-state index contributed by atoms with van der Waals surface area (Å²) in [6, 6.07) is 2.11. The molecule has 2 aromatic heterocycles. The maximum Gasteiger partial charge on any atom is 0.134 e. The summed E-state index contributed by atoms with van der Waals surface area (Å²) in [6.07, 6.45) is 2.39. The quantitative estimate of drug-likeness (QED) is 0.787. The summed E-state index contributed by atoms with van der Waals surface area (Å²) in [5.74, 6) is 1.48. The molecule has 1 unspecified atom stereocenters. The molecular weight excluding hydrogens is 240 g/mol. The molecule has 98 valence electrons. The van der Waals surface area contributed by atoms with Crippen molar-refractivity contribution >= 4 is 21.6 Å². The number of nitrogens with zero attached hydrogens (tertiary/aromatic N) is 2.